The number of ether oxygens (including phenoxy) is 2. The predicted molar refractivity (Wildman–Crippen MR) is 164 cm³/mol. The first kappa shape index (κ1) is 29.3. The van der Waals surface area contributed by atoms with Crippen LogP contribution in [0.15, 0.2) is 18.2 Å². The molecule has 5 aliphatic rings. The van der Waals surface area contributed by atoms with Gasteiger partial charge in [-0.15, -0.1) is 0 Å². The standard InChI is InChI=1S/C33H44N6O5/c1-5-37-31-27(26(19-8-9-19)28(32(37)41)35-30(40)23-17-22(44-6-2)10-7-18(23)3)29(36-39(31)21-11-13-43-14-12-21)33(42)38-24-15-20(24)16-25(38)34-4/h7,10,17,19-21,24-26,28,34H,5-6,8-9,11-16H2,1-4H3,(H,35,40)/t20-,24-,25+,26+,28+/m1/s1. The van der Waals surface area contributed by atoms with E-state index in [0.29, 0.717) is 49.3 Å². The van der Waals surface area contributed by atoms with Gasteiger partial charge < -0.3 is 25.0 Å². The van der Waals surface area contributed by atoms with Crippen molar-refractivity contribution in [3.8, 4) is 5.75 Å². The van der Waals surface area contributed by atoms with Gasteiger partial charge in [0.1, 0.15) is 17.6 Å². The van der Waals surface area contributed by atoms with Crippen LogP contribution in [0.25, 0.3) is 0 Å². The second kappa shape index (κ2) is 11.5. The van der Waals surface area contributed by atoms with E-state index in [1.165, 1.54) is 0 Å². The summed E-state index contributed by atoms with van der Waals surface area (Å²) in [6, 6.07) is 4.92. The highest BCUT2D eigenvalue weighted by molar-refractivity contribution is 6.07. The molecule has 11 heteroatoms. The summed E-state index contributed by atoms with van der Waals surface area (Å²) in [5.41, 5.74) is 2.56. The Morgan fingerprint density at radius 2 is 1.86 bits per heavy atom. The molecule has 44 heavy (non-hydrogen) atoms. The van der Waals surface area contributed by atoms with Gasteiger partial charge in [0.25, 0.3) is 17.7 Å². The molecule has 5 atom stereocenters. The zero-order valence-electron chi connectivity index (χ0n) is 26.2. The highest BCUT2D eigenvalue weighted by Gasteiger charge is 2.57. The topological polar surface area (TPSA) is 118 Å². The van der Waals surface area contributed by atoms with Gasteiger partial charge in [0, 0.05) is 42.8 Å². The minimum atomic E-state index is -0.802. The molecule has 3 aliphatic heterocycles. The van der Waals surface area contributed by atoms with Crippen LogP contribution in [-0.2, 0) is 9.53 Å². The second-order valence-corrected chi connectivity index (χ2v) is 13.0. The number of rotatable bonds is 9. The number of aromatic nitrogens is 2. The highest BCUT2D eigenvalue weighted by atomic mass is 16.5. The lowest BCUT2D eigenvalue weighted by atomic mass is 9.82. The van der Waals surface area contributed by atoms with Crippen molar-refractivity contribution in [3.63, 3.8) is 0 Å². The molecule has 3 amide bonds. The Morgan fingerprint density at radius 3 is 2.55 bits per heavy atom. The molecule has 0 unspecified atom stereocenters. The minimum absolute atomic E-state index is 0.0295. The van der Waals surface area contributed by atoms with Crippen LogP contribution in [0, 0.1) is 18.8 Å². The fourth-order valence-electron chi connectivity index (χ4n) is 7.82. The van der Waals surface area contributed by atoms with Gasteiger partial charge in [-0.25, -0.2) is 4.68 Å². The Morgan fingerprint density at radius 1 is 1.09 bits per heavy atom. The molecule has 7 rings (SSSR count). The number of carbonyl (C=O) groups excluding carboxylic acids is 3. The maximum atomic E-state index is 14.6. The minimum Gasteiger partial charge on any atom is -0.494 e. The number of hydrogen-bond acceptors (Lipinski definition) is 7. The molecule has 2 saturated carbocycles. The smallest absolute Gasteiger partial charge is 0.276 e. The molecular formula is C33H44N6O5. The van der Waals surface area contributed by atoms with Crippen LogP contribution in [-0.4, -0.2) is 84.1 Å². The number of fused-ring (bicyclic) bond motifs is 2. The number of nitrogens with one attached hydrogen (secondary N) is 2. The van der Waals surface area contributed by atoms with Gasteiger partial charge >= 0.3 is 0 Å². The van der Waals surface area contributed by atoms with Gasteiger partial charge in [-0.1, -0.05) is 6.07 Å². The number of hydrogen-bond donors (Lipinski definition) is 2. The number of piperidine rings is 1. The van der Waals surface area contributed by atoms with Crippen LogP contribution >= 0.6 is 0 Å². The number of carbonyl (C=O) groups is 3. The van der Waals surface area contributed by atoms with E-state index in [1.54, 1.807) is 11.0 Å². The van der Waals surface area contributed by atoms with Crippen molar-refractivity contribution < 1.29 is 23.9 Å². The summed E-state index contributed by atoms with van der Waals surface area (Å²) in [6.07, 6.45) is 5.36. The third kappa shape index (κ3) is 4.88. The van der Waals surface area contributed by atoms with E-state index in [1.807, 2.05) is 49.5 Å². The number of likely N-dealkylation sites (tertiary alicyclic amines) is 1. The van der Waals surface area contributed by atoms with Gasteiger partial charge in [-0.3, -0.25) is 19.3 Å². The van der Waals surface area contributed by atoms with Gasteiger partial charge in [0.15, 0.2) is 5.69 Å². The summed E-state index contributed by atoms with van der Waals surface area (Å²) in [7, 11) is 1.91. The van der Waals surface area contributed by atoms with E-state index < -0.39 is 6.04 Å². The molecule has 4 heterocycles. The van der Waals surface area contributed by atoms with Crippen LogP contribution in [0.1, 0.15) is 96.3 Å². The molecule has 1 aromatic heterocycles. The number of anilines is 1. The van der Waals surface area contributed by atoms with Crippen molar-refractivity contribution in [2.24, 2.45) is 11.8 Å². The van der Waals surface area contributed by atoms with E-state index >= 15 is 0 Å². The van der Waals surface area contributed by atoms with Crippen molar-refractivity contribution in [2.75, 3.05) is 38.3 Å². The Balaban J connectivity index is 1.33. The van der Waals surface area contributed by atoms with E-state index in [-0.39, 0.29) is 47.8 Å². The van der Waals surface area contributed by atoms with Gasteiger partial charge in [-0.05, 0) is 95.9 Å². The van der Waals surface area contributed by atoms with Crippen LogP contribution in [0.5, 0.6) is 5.75 Å². The summed E-state index contributed by atoms with van der Waals surface area (Å²) in [4.78, 5) is 46.6. The molecule has 0 radical (unpaired) electrons. The fraction of sp³-hybridized carbons (Fsp3) is 0.636. The lowest BCUT2D eigenvalue weighted by Gasteiger charge is -2.39. The largest absolute Gasteiger partial charge is 0.494 e. The van der Waals surface area contributed by atoms with Crippen LogP contribution in [0.3, 0.4) is 0 Å². The molecule has 4 fully saturated rings. The number of benzene rings is 1. The summed E-state index contributed by atoms with van der Waals surface area (Å²) < 4.78 is 13.3. The van der Waals surface area contributed by atoms with Crippen molar-refractivity contribution in [3.05, 3.63) is 40.6 Å². The van der Waals surface area contributed by atoms with E-state index in [0.717, 1.165) is 55.5 Å². The van der Waals surface area contributed by atoms with Crippen LogP contribution in [0.2, 0.25) is 0 Å². The Hall–Kier alpha value is -3.44. The fourth-order valence-corrected chi connectivity index (χ4v) is 7.82. The van der Waals surface area contributed by atoms with Crippen molar-refractivity contribution in [2.45, 2.75) is 89.5 Å². The maximum Gasteiger partial charge on any atom is 0.276 e. The average Bonchev–Trinajstić information content (AvgIpc) is 3.95. The molecule has 1 aromatic carbocycles. The number of amides is 3. The number of aryl methyl sites for hydroxylation is 1. The first-order chi connectivity index (χ1) is 21.4. The zero-order chi connectivity index (χ0) is 30.7. The van der Waals surface area contributed by atoms with Crippen molar-refractivity contribution in [1.82, 2.24) is 25.3 Å². The molecule has 0 spiro atoms. The summed E-state index contributed by atoms with van der Waals surface area (Å²) in [5, 5.41) is 11.6. The molecule has 2 aromatic rings. The summed E-state index contributed by atoms with van der Waals surface area (Å²) in [6.45, 7) is 7.87. The van der Waals surface area contributed by atoms with Gasteiger partial charge in [-0.2, -0.15) is 5.10 Å². The number of nitrogens with zero attached hydrogens (tertiary/aromatic N) is 4. The Kier molecular flexibility index (Phi) is 7.64. The Labute approximate surface area is 258 Å². The van der Waals surface area contributed by atoms with Gasteiger partial charge in [0.2, 0.25) is 0 Å². The molecule has 2 N–H and O–H groups in total. The second-order valence-electron chi connectivity index (χ2n) is 13.0. The lowest BCUT2D eigenvalue weighted by Crippen LogP contribution is -2.56. The zero-order valence-corrected chi connectivity index (χ0v) is 26.2. The third-order valence-corrected chi connectivity index (χ3v) is 10.3. The highest BCUT2D eigenvalue weighted by Crippen LogP contribution is 2.53. The quantitative estimate of drug-likeness (QED) is 0.451. The van der Waals surface area contributed by atoms with Gasteiger partial charge in [0.05, 0.1) is 18.8 Å². The molecule has 0 bridgehead atoms. The van der Waals surface area contributed by atoms with Crippen molar-refractivity contribution >= 4 is 23.5 Å². The summed E-state index contributed by atoms with van der Waals surface area (Å²) in [5.74, 6) is 1.20. The Bertz CT molecular complexity index is 1460. The first-order valence-electron chi connectivity index (χ1n) is 16.4. The lowest BCUT2D eigenvalue weighted by molar-refractivity contribution is -0.121. The molecule has 2 aliphatic carbocycles. The van der Waals surface area contributed by atoms with Crippen LogP contribution in [0.4, 0.5) is 5.82 Å². The third-order valence-electron chi connectivity index (χ3n) is 10.3. The van der Waals surface area contributed by atoms with E-state index in [2.05, 4.69) is 10.6 Å². The monoisotopic (exact) mass is 604 g/mol. The average molecular weight is 605 g/mol. The molecule has 2 saturated heterocycles. The summed E-state index contributed by atoms with van der Waals surface area (Å²) >= 11 is 0. The van der Waals surface area contributed by atoms with E-state index in [4.69, 9.17) is 14.6 Å². The maximum absolute atomic E-state index is 14.6. The normalized spacial score (nSPS) is 28.1. The first-order valence-corrected chi connectivity index (χ1v) is 16.4. The molecule has 236 valence electrons. The molecular weight excluding hydrogens is 560 g/mol. The van der Waals surface area contributed by atoms with Crippen molar-refractivity contribution in [1.29, 1.82) is 0 Å². The molecule has 11 nitrogen and oxygen atoms in total. The SMILES string of the molecule is CCOc1ccc(C)c(C(=O)N[C@@H]2C(=O)N(CC)c3c(c(C(=O)N4[C@@H]5C[C@@H]5C[C@H]4NC)nn3C3CCOCC3)[C@@H]2C2CC2)c1. The predicted octanol–water partition coefficient (Wildman–Crippen LogP) is 3.38. The number of likely N-dealkylation sites (N-methyl/N-ethyl adjacent to an activating group) is 1. The van der Waals surface area contributed by atoms with E-state index in [9.17, 15) is 14.4 Å². The van der Waals surface area contributed by atoms with Crippen LogP contribution < -0.4 is 20.3 Å².